The van der Waals surface area contributed by atoms with Gasteiger partial charge in [0.25, 0.3) is 5.54 Å². The zero-order valence-electron chi connectivity index (χ0n) is 18.5. The fraction of sp³-hybridized carbons (Fsp3) is 0.652. The lowest BCUT2D eigenvalue weighted by molar-refractivity contribution is -0.164. The van der Waals surface area contributed by atoms with Crippen molar-refractivity contribution in [3.8, 4) is 0 Å². The molecule has 1 aliphatic heterocycles. The van der Waals surface area contributed by atoms with Crippen molar-refractivity contribution in [3.05, 3.63) is 35.9 Å². The number of hydrogen-bond donors (Lipinski definition) is 0. The summed E-state index contributed by atoms with van der Waals surface area (Å²) in [5.41, 5.74) is -0.785. The van der Waals surface area contributed by atoms with Gasteiger partial charge in [-0.15, -0.1) is 5.11 Å². The molecular weight excluding hydrogens is 382 g/mol. The van der Waals surface area contributed by atoms with Gasteiger partial charge in [-0.2, -0.15) is 0 Å². The highest BCUT2D eigenvalue weighted by Crippen LogP contribution is 2.38. The third-order valence-electron chi connectivity index (χ3n) is 5.65. The van der Waals surface area contributed by atoms with E-state index in [1.54, 1.807) is 0 Å². The van der Waals surface area contributed by atoms with Gasteiger partial charge in [0.2, 0.25) is 0 Å². The van der Waals surface area contributed by atoms with Gasteiger partial charge < -0.3 is 9.47 Å². The Morgan fingerprint density at radius 2 is 1.53 bits per heavy atom. The average molecular weight is 418 g/mol. The number of carbonyl (C=O) groups excluding carboxylic acids is 2. The number of hydrogen-bond acceptors (Lipinski definition) is 7. The number of unbranched alkanes of at least 4 members (excludes halogenated alkanes) is 7. The van der Waals surface area contributed by atoms with Crippen molar-refractivity contribution < 1.29 is 19.1 Å². The molecule has 2 rings (SSSR count). The number of rotatable bonds is 12. The van der Waals surface area contributed by atoms with Crippen LogP contribution in [0.3, 0.4) is 0 Å². The van der Waals surface area contributed by atoms with E-state index >= 15 is 0 Å². The summed E-state index contributed by atoms with van der Waals surface area (Å²) in [5.74, 6) is -1.49. The first kappa shape index (κ1) is 23.8. The first-order valence-corrected chi connectivity index (χ1v) is 11.0. The van der Waals surface area contributed by atoms with Crippen molar-refractivity contribution >= 4 is 11.9 Å². The molecule has 0 N–H and O–H groups in total. The highest BCUT2D eigenvalue weighted by molar-refractivity contribution is 6.05. The van der Waals surface area contributed by atoms with Gasteiger partial charge in [0, 0.05) is 13.0 Å². The standard InChI is InChI=1S/C23H35N3O4/c1-4-5-6-7-8-9-10-14-17-26-20(19-15-12-11-13-16-19)18-23(24-25-26,21(27)29-2)22(28)30-3/h11-13,15-16,20H,4-10,14,17-18H2,1-3H3/t20-/m0/s1. The molecule has 0 fully saturated rings. The Kier molecular flexibility index (Phi) is 9.77. The molecule has 0 aromatic heterocycles. The third-order valence-corrected chi connectivity index (χ3v) is 5.65. The van der Waals surface area contributed by atoms with Gasteiger partial charge in [0.1, 0.15) is 0 Å². The molecule has 1 aromatic rings. The molecular formula is C23H35N3O4. The van der Waals surface area contributed by atoms with E-state index in [1.165, 1.54) is 52.7 Å². The summed E-state index contributed by atoms with van der Waals surface area (Å²) in [5, 5.41) is 10.3. The number of methoxy groups -OCH3 is 2. The summed E-state index contributed by atoms with van der Waals surface area (Å²) in [6, 6.07) is 9.51. The summed E-state index contributed by atoms with van der Waals surface area (Å²) in [6.45, 7) is 2.95. The lowest BCUT2D eigenvalue weighted by Gasteiger charge is -2.37. The highest BCUT2D eigenvalue weighted by atomic mass is 16.5. The second-order valence-corrected chi connectivity index (χ2v) is 7.80. The Morgan fingerprint density at radius 3 is 2.10 bits per heavy atom. The molecule has 0 bridgehead atoms. The van der Waals surface area contributed by atoms with Crippen LogP contribution in [0.4, 0.5) is 0 Å². The zero-order valence-corrected chi connectivity index (χ0v) is 18.5. The van der Waals surface area contributed by atoms with Gasteiger partial charge >= 0.3 is 11.9 Å². The van der Waals surface area contributed by atoms with Crippen LogP contribution in [0, 0.1) is 0 Å². The minimum atomic E-state index is -1.76. The number of nitrogens with zero attached hydrogens (tertiary/aromatic N) is 3. The smallest absolute Gasteiger partial charge is 0.347 e. The van der Waals surface area contributed by atoms with Gasteiger partial charge in [-0.1, -0.05) is 87.4 Å². The monoisotopic (exact) mass is 417 g/mol. The maximum absolute atomic E-state index is 12.5. The molecule has 0 aliphatic carbocycles. The fourth-order valence-corrected chi connectivity index (χ4v) is 3.86. The largest absolute Gasteiger partial charge is 0.467 e. The quantitative estimate of drug-likeness (QED) is 0.271. The summed E-state index contributed by atoms with van der Waals surface area (Å²) in [7, 11) is 2.49. The maximum atomic E-state index is 12.5. The molecule has 1 aromatic carbocycles. The number of benzene rings is 1. The zero-order chi connectivity index (χ0) is 21.8. The van der Waals surface area contributed by atoms with E-state index in [2.05, 4.69) is 17.3 Å². The first-order valence-electron chi connectivity index (χ1n) is 11.0. The Labute approximate surface area is 179 Å². The third kappa shape index (κ3) is 6.03. The summed E-state index contributed by atoms with van der Waals surface area (Å²) < 4.78 is 9.75. The van der Waals surface area contributed by atoms with Crippen LogP contribution in [0.15, 0.2) is 40.7 Å². The van der Waals surface area contributed by atoms with Crippen molar-refractivity contribution in [2.45, 2.75) is 76.3 Å². The molecule has 0 spiro atoms. The molecule has 0 saturated heterocycles. The second kappa shape index (κ2) is 12.3. The van der Waals surface area contributed by atoms with Gasteiger partial charge in [-0.05, 0) is 12.0 Å². The normalized spacial score (nSPS) is 17.6. The van der Waals surface area contributed by atoms with Crippen LogP contribution in [0.1, 0.15) is 76.3 Å². The predicted molar refractivity (Wildman–Crippen MR) is 115 cm³/mol. The van der Waals surface area contributed by atoms with Gasteiger partial charge in [0.05, 0.1) is 20.3 Å². The van der Waals surface area contributed by atoms with Crippen LogP contribution in [0.2, 0.25) is 0 Å². The molecule has 1 atom stereocenters. The lowest BCUT2D eigenvalue weighted by Crippen LogP contribution is -2.51. The van der Waals surface area contributed by atoms with E-state index in [9.17, 15) is 9.59 Å². The lowest BCUT2D eigenvalue weighted by atomic mass is 9.87. The Morgan fingerprint density at radius 1 is 0.967 bits per heavy atom. The van der Waals surface area contributed by atoms with Gasteiger partial charge in [0.15, 0.2) is 0 Å². The van der Waals surface area contributed by atoms with Gasteiger partial charge in [-0.25, -0.2) is 9.59 Å². The van der Waals surface area contributed by atoms with E-state index in [1.807, 2.05) is 35.3 Å². The Bertz CT molecular complexity index is 677. The van der Waals surface area contributed by atoms with Crippen molar-refractivity contribution in [3.63, 3.8) is 0 Å². The second-order valence-electron chi connectivity index (χ2n) is 7.80. The van der Waals surface area contributed by atoms with Crippen molar-refractivity contribution in [1.29, 1.82) is 0 Å². The number of ether oxygens (including phenoxy) is 2. The molecule has 1 heterocycles. The van der Waals surface area contributed by atoms with Crippen molar-refractivity contribution in [1.82, 2.24) is 5.01 Å². The molecule has 7 nitrogen and oxygen atoms in total. The average Bonchev–Trinajstić information content (AvgIpc) is 2.80. The van der Waals surface area contributed by atoms with E-state index < -0.39 is 17.5 Å². The van der Waals surface area contributed by atoms with Crippen molar-refractivity contribution in [2.75, 3.05) is 20.8 Å². The fourth-order valence-electron chi connectivity index (χ4n) is 3.86. The molecule has 1 aliphatic rings. The molecule has 166 valence electrons. The summed E-state index contributed by atoms with van der Waals surface area (Å²) >= 11 is 0. The first-order chi connectivity index (χ1) is 14.6. The predicted octanol–water partition coefficient (Wildman–Crippen LogP) is 5.03. The van der Waals surface area contributed by atoms with Crippen LogP contribution in [0.5, 0.6) is 0 Å². The van der Waals surface area contributed by atoms with Crippen LogP contribution in [0.25, 0.3) is 0 Å². The number of esters is 2. The highest BCUT2D eigenvalue weighted by Gasteiger charge is 2.54. The maximum Gasteiger partial charge on any atom is 0.347 e. The number of carbonyl (C=O) groups is 2. The van der Waals surface area contributed by atoms with Gasteiger partial charge in [-0.3, -0.25) is 5.01 Å². The van der Waals surface area contributed by atoms with E-state index in [0.717, 1.165) is 24.9 Å². The summed E-state index contributed by atoms with van der Waals surface area (Å²) in [4.78, 5) is 25.0. The topological polar surface area (TPSA) is 80.6 Å². The van der Waals surface area contributed by atoms with E-state index in [0.29, 0.717) is 0 Å². The summed E-state index contributed by atoms with van der Waals surface area (Å²) in [6.07, 6.45) is 9.90. The minimum Gasteiger partial charge on any atom is -0.467 e. The molecule has 30 heavy (non-hydrogen) atoms. The molecule has 0 saturated carbocycles. The Hall–Kier alpha value is -2.44. The van der Waals surface area contributed by atoms with Crippen LogP contribution >= 0.6 is 0 Å². The van der Waals surface area contributed by atoms with Crippen molar-refractivity contribution in [2.24, 2.45) is 10.3 Å². The Balaban J connectivity index is 2.08. The molecule has 7 heteroatoms. The van der Waals surface area contributed by atoms with Crippen LogP contribution in [-0.2, 0) is 19.1 Å². The van der Waals surface area contributed by atoms with Crippen LogP contribution < -0.4 is 0 Å². The SMILES string of the molecule is CCCCCCCCCCN1N=NC(C(=O)OC)(C(=O)OC)C[C@H]1c1ccccc1. The minimum absolute atomic E-state index is 0.136. The molecule has 0 amide bonds. The van der Waals surface area contributed by atoms with E-state index in [-0.39, 0.29) is 12.5 Å². The molecule has 0 unspecified atom stereocenters. The molecule has 0 radical (unpaired) electrons. The van der Waals surface area contributed by atoms with E-state index in [4.69, 9.17) is 9.47 Å². The van der Waals surface area contributed by atoms with Crippen LogP contribution in [-0.4, -0.2) is 43.3 Å².